The fourth-order valence-electron chi connectivity index (χ4n) is 2.76. The Morgan fingerprint density at radius 2 is 1.96 bits per heavy atom. The number of amides is 3. The molecule has 0 atom stereocenters. The van der Waals surface area contributed by atoms with Crippen molar-refractivity contribution in [2.24, 2.45) is 0 Å². The van der Waals surface area contributed by atoms with Crippen LogP contribution in [0.25, 0.3) is 0 Å². The monoisotopic (exact) mass is 341 g/mol. The highest BCUT2D eigenvalue weighted by atomic mass is 16.5. The van der Waals surface area contributed by atoms with Crippen molar-refractivity contribution in [3.63, 3.8) is 0 Å². The highest BCUT2D eigenvalue weighted by Gasteiger charge is 2.17. The standard InChI is InChI=1S/C18H19N3O4/c1-24-15-5-3-4-14(16(15)25-2)21-18(23)20-12-7-6-11-8-9-19-17(22)13(11)10-12/h3-7,10H,8-9H2,1-2H3,(H,19,22)(H2,20,21,23). The van der Waals surface area contributed by atoms with E-state index in [2.05, 4.69) is 16.0 Å². The van der Waals surface area contributed by atoms with Crippen LogP contribution in [0.15, 0.2) is 36.4 Å². The van der Waals surface area contributed by atoms with E-state index in [1.54, 1.807) is 30.3 Å². The lowest BCUT2D eigenvalue weighted by Gasteiger charge is -2.18. The van der Waals surface area contributed by atoms with Gasteiger partial charge in [0, 0.05) is 17.8 Å². The number of rotatable bonds is 4. The zero-order chi connectivity index (χ0) is 17.8. The van der Waals surface area contributed by atoms with E-state index in [-0.39, 0.29) is 5.91 Å². The molecule has 0 aliphatic carbocycles. The second-order valence-electron chi connectivity index (χ2n) is 5.50. The molecule has 7 nitrogen and oxygen atoms in total. The maximum atomic E-state index is 12.3. The number of carbonyl (C=O) groups is 2. The largest absolute Gasteiger partial charge is 0.493 e. The van der Waals surface area contributed by atoms with Gasteiger partial charge in [0.05, 0.1) is 19.9 Å². The molecule has 0 unspecified atom stereocenters. The molecule has 0 bridgehead atoms. The number of carbonyl (C=O) groups excluding carboxylic acids is 2. The molecule has 0 saturated heterocycles. The number of anilines is 2. The van der Waals surface area contributed by atoms with Crippen LogP contribution in [-0.4, -0.2) is 32.7 Å². The summed E-state index contributed by atoms with van der Waals surface area (Å²) in [6.07, 6.45) is 0.786. The number of benzene rings is 2. The third kappa shape index (κ3) is 3.50. The van der Waals surface area contributed by atoms with Crippen LogP contribution >= 0.6 is 0 Å². The minimum atomic E-state index is -0.442. The summed E-state index contributed by atoms with van der Waals surface area (Å²) in [6, 6.07) is 10.1. The van der Waals surface area contributed by atoms with Gasteiger partial charge in [-0.25, -0.2) is 4.79 Å². The van der Waals surface area contributed by atoms with Crippen LogP contribution in [-0.2, 0) is 6.42 Å². The third-order valence-electron chi connectivity index (χ3n) is 3.94. The van der Waals surface area contributed by atoms with E-state index >= 15 is 0 Å². The van der Waals surface area contributed by atoms with Gasteiger partial charge < -0.3 is 25.4 Å². The normalized spacial score (nSPS) is 12.6. The van der Waals surface area contributed by atoms with Gasteiger partial charge in [0.2, 0.25) is 0 Å². The Bertz CT molecular complexity index is 820. The summed E-state index contributed by atoms with van der Waals surface area (Å²) in [6.45, 7) is 0.634. The molecule has 1 aliphatic heterocycles. The van der Waals surface area contributed by atoms with Crippen LogP contribution in [0.4, 0.5) is 16.2 Å². The number of urea groups is 1. The lowest BCUT2D eigenvalue weighted by Crippen LogP contribution is -2.32. The molecule has 3 rings (SSSR count). The van der Waals surface area contributed by atoms with Crippen LogP contribution in [0, 0.1) is 0 Å². The van der Waals surface area contributed by atoms with Crippen LogP contribution in [0.5, 0.6) is 11.5 Å². The van der Waals surface area contributed by atoms with Crippen molar-refractivity contribution >= 4 is 23.3 Å². The van der Waals surface area contributed by atoms with Crippen LogP contribution in [0.1, 0.15) is 15.9 Å². The number of hydrogen-bond acceptors (Lipinski definition) is 4. The summed E-state index contributed by atoms with van der Waals surface area (Å²) >= 11 is 0. The van der Waals surface area contributed by atoms with E-state index in [9.17, 15) is 9.59 Å². The molecular formula is C18H19N3O4. The van der Waals surface area contributed by atoms with E-state index in [1.807, 2.05) is 6.07 Å². The number of methoxy groups -OCH3 is 2. The van der Waals surface area contributed by atoms with Crippen molar-refractivity contribution in [1.29, 1.82) is 0 Å². The van der Waals surface area contributed by atoms with Gasteiger partial charge in [-0.1, -0.05) is 12.1 Å². The summed E-state index contributed by atoms with van der Waals surface area (Å²) < 4.78 is 10.5. The van der Waals surface area contributed by atoms with E-state index < -0.39 is 6.03 Å². The molecule has 0 aromatic heterocycles. The first kappa shape index (κ1) is 16.6. The van der Waals surface area contributed by atoms with E-state index in [0.717, 1.165) is 12.0 Å². The highest BCUT2D eigenvalue weighted by Crippen LogP contribution is 2.34. The number of nitrogens with one attached hydrogen (secondary N) is 3. The Hall–Kier alpha value is -3.22. The molecular weight excluding hydrogens is 322 g/mol. The van der Waals surface area contributed by atoms with Gasteiger partial charge >= 0.3 is 6.03 Å². The summed E-state index contributed by atoms with van der Waals surface area (Å²) in [5, 5.41) is 8.23. The molecule has 1 aliphatic rings. The average Bonchev–Trinajstić information content (AvgIpc) is 2.62. The quantitative estimate of drug-likeness (QED) is 0.798. The van der Waals surface area contributed by atoms with Gasteiger partial charge in [0.25, 0.3) is 5.91 Å². The van der Waals surface area contributed by atoms with Crippen LogP contribution in [0.2, 0.25) is 0 Å². The Balaban J connectivity index is 1.75. The molecule has 2 aromatic rings. The maximum absolute atomic E-state index is 12.3. The molecule has 0 spiro atoms. The van der Waals surface area contributed by atoms with Gasteiger partial charge in [-0.15, -0.1) is 0 Å². The van der Waals surface area contributed by atoms with Gasteiger partial charge in [-0.2, -0.15) is 0 Å². The Morgan fingerprint density at radius 3 is 2.72 bits per heavy atom. The first-order valence-corrected chi connectivity index (χ1v) is 7.82. The SMILES string of the molecule is COc1cccc(NC(=O)Nc2ccc3c(c2)C(=O)NCC3)c1OC. The van der Waals surface area contributed by atoms with Crippen molar-refractivity contribution < 1.29 is 19.1 Å². The average molecular weight is 341 g/mol. The summed E-state index contributed by atoms with van der Waals surface area (Å²) in [5.74, 6) is 0.829. The number of fused-ring (bicyclic) bond motifs is 1. The van der Waals surface area contributed by atoms with Crippen molar-refractivity contribution in [3.05, 3.63) is 47.5 Å². The lowest BCUT2D eigenvalue weighted by atomic mass is 10.00. The molecule has 2 aromatic carbocycles. The predicted octanol–water partition coefficient (Wildman–Crippen LogP) is 2.63. The first-order chi connectivity index (χ1) is 12.1. The first-order valence-electron chi connectivity index (χ1n) is 7.82. The lowest BCUT2D eigenvalue weighted by molar-refractivity contribution is 0.0946. The second kappa shape index (κ2) is 7.12. The number of ether oxygens (including phenoxy) is 2. The second-order valence-corrected chi connectivity index (χ2v) is 5.50. The Kier molecular flexibility index (Phi) is 4.74. The molecule has 0 saturated carbocycles. The molecule has 3 amide bonds. The zero-order valence-electron chi connectivity index (χ0n) is 14.0. The molecule has 0 radical (unpaired) electrons. The van der Waals surface area contributed by atoms with Gasteiger partial charge in [0.15, 0.2) is 11.5 Å². The molecule has 1 heterocycles. The minimum Gasteiger partial charge on any atom is -0.493 e. The van der Waals surface area contributed by atoms with Gasteiger partial charge in [0.1, 0.15) is 0 Å². The van der Waals surface area contributed by atoms with Crippen molar-refractivity contribution in [3.8, 4) is 11.5 Å². The summed E-state index contributed by atoms with van der Waals surface area (Å²) in [4.78, 5) is 24.2. The zero-order valence-corrected chi connectivity index (χ0v) is 14.0. The summed E-state index contributed by atoms with van der Waals surface area (Å²) in [7, 11) is 3.03. The van der Waals surface area contributed by atoms with Crippen molar-refractivity contribution in [2.75, 3.05) is 31.4 Å². The third-order valence-corrected chi connectivity index (χ3v) is 3.94. The molecule has 3 N–H and O–H groups in total. The van der Waals surface area contributed by atoms with E-state index in [4.69, 9.17) is 9.47 Å². The van der Waals surface area contributed by atoms with Crippen molar-refractivity contribution in [1.82, 2.24) is 5.32 Å². The van der Waals surface area contributed by atoms with Gasteiger partial charge in [-0.3, -0.25) is 4.79 Å². The Labute approximate surface area is 145 Å². The molecule has 7 heteroatoms. The number of hydrogen-bond donors (Lipinski definition) is 3. The maximum Gasteiger partial charge on any atom is 0.323 e. The van der Waals surface area contributed by atoms with Crippen LogP contribution < -0.4 is 25.4 Å². The summed E-state index contributed by atoms with van der Waals surface area (Å²) in [5.41, 5.74) is 2.58. The van der Waals surface area contributed by atoms with Crippen LogP contribution in [0.3, 0.4) is 0 Å². The Morgan fingerprint density at radius 1 is 1.12 bits per heavy atom. The minimum absolute atomic E-state index is 0.125. The van der Waals surface area contributed by atoms with E-state index in [0.29, 0.717) is 35.0 Å². The molecule has 0 fully saturated rings. The predicted molar refractivity (Wildman–Crippen MR) is 94.7 cm³/mol. The number of para-hydroxylation sites is 1. The van der Waals surface area contributed by atoms with E-state index in [1.165, 1.54) is 14.2 Å². The topological polar surface area (TPSA) is 88.7 Å². The smallest absolute Gasteiger partial charge is 0.323 e. The van der Waals surface area contributed by atoms with Gasteiger partial charge in [-0.05, 0) is 36.2 Å². The highest BCUT2D eigenvalue weighted by molar-refractivity contribution is 6.03. The van der Waals surface area contributed by atoms with Crippen molar-refractivity contribution in [2.45, 2.75) is 6.42 Å². The fraction of sp³-hybridized carbons (Fsp3) is 0.222. The fourth-order valence-corrected chi connectivity index (χ4v) is 2.76. The molecule has 25 heavy (non-hydrogen) atoms. The molecule has 130 valence electrons.